The Balaban J connectivity index is 1.63. The molecule has 4 heteroatoms. The van der Waals surface area contributed by atoms with E-state index in [2.05, 4.69) is 10.6 Å². The van der Waals surface area contributed by atoms with E-state index in [9.17, 15) is 9.18 Å². The first kappa shape index (κ1) is 14.5. The zero-order valence-corrected chi connectivity index (χ0v) is 12.7. The van der Waals surface area contributed by atoms with Crippen molar-refractivity contribution in [3.63, 3.8) is 0 Å². The lowest BCUT2D eigenvalue weighted by Crippen LogP contribution is -2.60. The Kier molecular flexibility index (Phi) is 3.74. The summed E-state index contributed by atoms with van der Waals surface area (Å²) in [5, 5.41) is 6.39. The van der Waals surface area contributed by atoms with Crippen molar-refractivity contribution in [3.8, 4) is 0 Å². The van der Waals surface area contributed by atoms with E-state index in [0.29, 0.717) is 24.4 Å². The first-order chi connectivity index (χ1) is 9.95. The molecule has 0 spiro atoms. The van der Waals surface area contributed by atoms with Gasteiger partial charge in [0.25, 0.3) is 0 Å². The number of benzene rings is 1. The van der Waals surface area contributed by atoms with Crippen molar-refractivity contribution in [2.75, 3.05) is 0 Å². The SMILES string of the molecule is CC1(C)NC(=O)CCC1NCc1ccc(C2CC2)cc1F. The lowest BCUT2D eigenvalue weighted by atomic mass is 9.86. The smallest absolute Gasteiger partial charge is 0.220 e. The van der Waals surface area contributed by atoms with Gasteiger partial charge in [-0.2, -0.15) is 0 Å². The Labute approximate surface area is 125 Å². The van der Waals surface area contributed by atoms with Crippen LogP contribution in [-0.4, -0.2) is 17.5 Å². The number of carbonyl (C=O) groups excluding carboxylic acids is 1. The molecule has 0 radical (unpaired) electrons. The fraction of sp³-hybridized carbons (Fsp3) is 0.588. The topological polar surface area (TPSA) is 41.1 Å². The average molecular weight is 290 g/mol. The molecule has 3 nitrogen and oxygen atoms in total. The summed E-state index contributed by atoms with van der Waals surface area (Å²) in [5.74, 6) is 0.552. The normalized spacial score (nSPS) is 24.7. The minimum atomic E-state index is -0.292. The van der Waals surface area contributed by atoms with Crippen LogP contribution < -0.4 is 10.6 Å². The fourth-order valence-corrected chi connectivity index (χ4v) is 3.11. The molecular formula is C17H23FN2O. The standard InChI is InChI=1S/C17H23FN2O/c1-17(2)15(7-8-16(21)20-17)19-10-13-6-5-12(9-14(13)18)11-3-4-11/h5-6,9,11,15,19H,3-4,7-8,10H2,1-2H3,(H,20,21). The van der Waals surface area contributed by atoms with Gasteiger partial charge in [0, 0.05) is 30.1 Å². The van der Waals surface area contributed by atoms with Crippen molar-refractivity contribution in [1.82, 2.24) is 10.6 Å². The second-order valence-electron chi connectivity index (χ2n) is 6.87. The van der Waals surface area contributed by atoms with Gasteiger partial charge in [0.15, 0.2) is 0 Å². The highest BCUT2D eigenvalue weighted by Gasteiger charge is 2.35. The van der Waals surface area contributed by atoms with E-state index in [4.69, 9.17) is 0 Å². The highest BCUT2D eigenvalue weighted by molar-refractivity contribution is 5.77. The summed E-state index contributed by atoms with van der Waals surface area (Å²) in [5.41, 5.74) is 1.54. The summed E-state index contributed by atoms with van der Waals surface area (Å²) in [6.45, 7) is 4.52. The monoisotopic (exact) mass is 290 g/mol. The summed E-state index contributed by atoms with van der Waals surface area (Å²) >= 11 is 0. The summed E-state index contributed by atoms with van der Waals surface area (Å²) in [4.78, 5) is 11.5. The molecule has 3 rings (SSSR count). The lowest BCUT2D eigenvalue weighted by Gasteiger charge is -2.39. The fourth-order valence-electron chi connectivity index (χ4n) is 3.11. The lowest BCUT2D eigenvalue weighted by molar-refractivity contribution is -0.125. The Hall–Kier alpha value is -1.42. The quantitative estimate of drug-likeness (QED) is 0.895. The minimum absolute atomic E-state index is 0.0954. The zero-order chi connectivity index (χ0) is 15.0. The number of hydrogen-bond donors (Lipinski definition) is 2. The van der Waals surface area contributed by atoms with E-state index >= 15 is 0 Å². The van der Waals surface area contributed by atoms with E-state index in [1.807, 2.05) is 26.0 Å². The van der Waals surface area contributed by atoms with Gasteiger partial charge >= 0.3 is 0 Å². The Morgan fingerprint density at radius 2 is 2.10 bits per heavy atom. The number of carbonyl (C=O) groups is 1. The van der Waals surface area contributed by atoms with Gasteiger partial charge < -0.3 is 10.6 Å². The maximum atomic E-state index is 14.1. The second-order valence-corrected chi connectivity index (χ2v) is 6.87. The van der Waals surface area contributed by atoms with Crippen molar-refractivity contribution in [2.45, 2.75) is 63.6 Å². The second kappa shape index (κ2) is 5.41. The van der Waals surface area contributed by atoms with Crippen molar-refractivity contribution in [2.24, 2.45) is 0 Å². The maximum absolute atomic E-state index is 14.1. The molecule has 114 valence electrons. The summed E-state index contributed by atoms with van der Waals surface area (Å²) in [6, 6.07) is 5.79. The van der Waals surface area contributed by atoms with Gasteiger partial charge in [0.2, 0.25) is 5.91 Å². The molecule has 1 aliphatic carbocycles. The minimum Gasteiger partial charge on any atom is -0.350 e. The first-order valence-corrected chi connectivity index (χ1v) is 7.78. The Morgan fingerprint density at radius 1 is 1.33 bits per heavy atom. The molecule has 1 aromatic rings. The number of nitrogens with one attached hydrogen (secondary N) is 2. The van der Waals surface area contributed by atoms with Crippen LogP contribution in [0.4, 0.5) is 4.39 Å². The molecule has 1 heterocycles. The molecule has 1 unspecified atom stereocenters. The molecule has 0 aromatic heterocycles. The molecule has 1 aliphatic heterocycles. The highest BCUT2D eigenvalue weighted by atomic mass is 19.1. The van der Waals surface area contributed by atoms with Crippen LogP contribution in [0.2, 0.25) is 0 Å². The number of amides is 1. The van der Waals surface area contributed by atoms with Crippen LogP contribution in [0.25, 0.3) is 0 Å². The van der Waals surface area contributed by atoms with Gasteiger partial charge in [-0.3, -0.25) is 4.79 Å². The van der Waals surface area contributed by atoms with Gasteiger partial charge in [-0.05, 0) is 50.7 Å². The zero-order valence-electron chi connectivity index (χ0n) is 12.7. The molecule has 1 amide bonds. The van der Waals surface area contributed by atoms with Crippen LogP contribution in [0.15, 0.2) is 18.2 Å². The third kappa shape index (κ3) is 3.26. The molecule has 1 saturated heterocycles. The number of halogens is 1. The molecule has 2 aliphatic rings. The van der Waals surface area contributed by atoms with E-state index in [-0.39, 0.29) is 23.3 Å². The predicted octanol–water partition coefficient (Wildman–Crippen LogP) is 2.85. The predicted molar refractivity (Wildman–Crippen MR) is 80.5 cm³/mol. The van der Waals surface area contributed by atoms with Gasteiger partial charge in [0.1, 0.15) is 5.82 Å². The molecule has 2 N–H and O–H groups in total. The highest BCUT2D eigenvalue weighted by Crippen LogP contribution is 2.40. The molecule has 1 atom stereocenters. The Bertz CT molecular complexity index is 552. The number of piperidine rings is 1. The van der Waals surface area contributed by atoms with Gasteiger partial charge in [-0.15, -0.1) is 0 Å². The molecule has 1 saturated carbocycles. The van der Waals surface area contributed by atoms with Gasteiger partial charge in [-0.1, -0.05) is 12.1 Å². The van der Waals surface area contributed by atoms with Crippen LogP contribution in [0.1, 0.15) is 56.6 Å². The van der Waals surface area contributed by atoms with Gasteiger partial charge in [-0.25, -0.2) is 4.39 Å². The van der Waals surface area contributed by atoms with Gasteiger partial charge in [0.05, 0.1) is 0 Å². The number of hydrogen-bond acceptors (Lipinski definition) is 2. The van der Waals surface area contributed by atoms with E-state index < -0.39 is 0 Å². The average Bonchev–Trinajstić information content (AvgIpc) is 3.22. The van der Waals surface area contributed by atoms with E-state index in [1.165, 1.54) is 12.8 Å². The van der Waals surface area contributed by atoms with Crippen LogP contribution in [0.5, 0.6) is 0 Å². The first-order valence-electron chi connectivity index (χ1n) is 7.78. The van der Waals surface area contributed by atoms with E-state index in [0.717, 1.165) is 12.0 Å². The van der Waals surface area contributed by atoms with Crippen LogP contribution >= 0.6 is 0 Å². The molecule has 1 aromatic carbocycles. The molecule has 2 fully saturated rings. The van der Waals surface area contributed by atoms with Crippen LogP contribution in [0, 0.1) is 5.82 Å². The third-order valence-corrected chi connectivity index (χ3v) is 4.66. The van der Waals surface area contributed by atoms with Crippen molar-refractivity contribution in [1.29, 1.82) is 0 Å². The van der Waals surface area contributed by atoms with Crippen molar-refractivity contribution >= 4 is 5.91 Å². The maximum Gasteiger partial charge on any atom is 0.220 e. The largest absolute Gasteiger partial charge is 0.350 e. The van der Waals surface area contributed by atoms with Crippen LogP contribution in [0.3, 0.4) is 0 Å². The molecular weight excluding hydrogens is 267 g/mol. The summed E-state index contributed by atoms with van der Waals surface area (Å²) < 4.78 is 14.1. The van der Waals surface area contributed by atoms with Crippen molar-refractivity contribution < 1.29 is 9.18 Å². The van der Waals surface area contributed by atoms with Crippen molar-refractivity contribution in [3.05, 3.63) is 35.1 Å². The summed E-state index contributed by atoms with van der Waals surface area (Å²) in [7, 11) is 0. The van der Waals surface area contributed by atoms with Crippen LogP contribution in [-0.2, 0) is 11.3 Å². The van der Waals surface area contributed by atoms with E-state index in [1.54, 1.807) is 6.07 Å². The molecule has 0 bridgehead atoms. The third-order valence-electron chi connectivity index (χ3n) is 4.66. The number of rotatable bonds is 4. The summed E-state index contributed by atoms with van der Waals surface area (Å²) in [6.07, 6.45) is 3.70. The Morgan fingerprint density at radius 3 is 2.71 bits per heavy atom. The molecule has 21 heavy (non-hydrogen) atoms.